The molecule has 2 aromatic rings. The first-order valence-corrected chi connectivity index (χ1v) is 7.43. The first-order valence-electron chi connectivity index (χ1n) is 7.43. The molecule has 1 amide bonds. The second-order valence-electron chi connectivity index (χ2n) is 5.36. The lowest BCUT2D eigenvalue weighted by Crippen LogP contribution is -2.26. The highest BCUT2D eigenvalue weighted by Gasteiger charge is 2.20. The Morgan fingerprint density at radius 3 is 2.78 bits per heavy atom. The van der Waals surface area contributed by atoms with Crippen molar-refractivity contribution < 1.29 is 18.7 Å². The molecule has 0 saturated carbocycles. The van der Waals surface area contributed by atoms with E-state index in [1.165, 1.54) is 12.0 Å². The molecule has 2 aromatic heterocycles. The second-order valence-corrected chi connectivity index (χ2v) is 5.36. The maximum atomic E-state index is 12.4. The summed E-state index contributed by atoms with van der Waals surface area (Å²) in [6, 6.07) is 3.35. The highest BCUT2D eigenvalue weighted by Crippen LogP contribution is 2.17. The van der Waals surface area contributed by atoms with E-state index in [0.717, 1.165) is 18.5 Å². The van der Waals surface area contributed by atoms with E-state index in [0.29, 0.717) is 22.8 Å². The molecule has 0 spiro atoms. The van der Waals surface area contributed by atoms with Crippen molar-refractivity contribution in [1.82, 2.24) is 15.1 Å². The Morgan fingerprint density at radius 2 is 2.13 bits per heavy atom. The van der Waals surface area contributed by atoms with Crippen molar-refractivity contribution >= 4 is 11.9 Å². The van der Waals surface area contributed by atoms with Crippen molar-refractivity contribution in [3.8, 4) is 0 Å². The van der Waals surface area contributed by atoms with Gasteiger partial charge in [0.1, 0.15) is 22.8 Å². The molecule has 2 heterocycles. The van der Waals surface area contributed by atoms with Gasteiger partial charge in [-0.05, 0) is 25.5 Å². The number of carbonyl (C=O) groups excluding carboxylic acids is 2. The minimum absolute atomic E-state index is 0.211. The molecule has 0 radical (unpaired) electrons. The molecular formula is C16H21N3O4. The van der Waals surface area contributed by atoms with E-state index in [1.54, 1.807) is 26.1 Å². The number of esters is 1. The molecule has 0 aliphatic heterocycles. The van der Waals surface area contributed by atoms with Gasteiger partial charge in [0.05, 0.1) is 13.7 Å². The Bertz CT molecular complexity index is 702. The molecule has 23 heavy (non-hydrogen) atoms. The number of nitrogens with zero attached hydrogens (tertiary/aromatic N) is 2. The zero-order chi connectivity index (χ0) is 17.0. The number of H-pyrrole nitrogens is 1. The van der Waals surface area contributed by atoms with Gasteiger partial charge in [-0.1, -0.05) is 13.3 Å². The molecule has 124 valence electrons. The average molecular weight is 319 g/mol. The third-order valence-corrected chi connectivity index (χ3v) is 3.48. The third-order valence-electron chi connectivity index (χ3n) is 3.48. The summed E-state index contributed by atoms with van der Waals surface area (Å²) < 4.78 is 10.2. The minimum atomic E-state index is -0.456. The predicted molar refractivity (Wildman–Crippen MR) is 83.2 cm³/mol. The largest absolute Gasteiger partial charge is 0.465 e. The number of hydrogen-bond acceptors (Lipinski definition) is 5. The maximum absolute atomic E-state index is 12.4. The molecule has 7 heteroatoms. The van der Waals surface area contributed by atoms with Crippen LogP contribution in [-0.2, 0) is 17.7 Å². The lowest BCUT2D eigenvalue weighted by Gasteiger charge is -2.13. The Kier molecular flexibility index (Phi) is 5.20. The number of rotatable bonds is 6. The summed E-state index contributed by atoms with van der Waals surface area (Å²) in [5, 5.41) is 6.90. The van der Waals surface area contributed by atoms with Gasteiger partial charge in [0.15, 0.2) is 0 Å². The van der Waals surface area contributed by atoms with E-state index in [-0.39, 0.29) is 12.5 Å². The average Bonchev–Trinajstić information content (AvgIpc) is 3.13. The van der Waals surface area contributed by atoms with Crippen molar-refractivity contribution in [1.29, 1.82) is 0 Å². The number of methoxy groups -OCH3 is 1. The van der Waals surface area contributed by atoms with Crippen molar-refractivity contribution in [3.63, 3.8) is 0 Å². The molecule has 0 atom stereocenters. The number of aromatic amines is 1. The second kappa shape index (κ2) is 7.13. The quantitative estimate of drug-likeness (QED) is 0.825. The van der Waals surface area contributed by atoms with E-state index >= 15 is 0 Å². The van der Waals surface area contributed by atoms with Gasteiger partial charge in [-0.2, -0.15) is 5.10 Å². The zero-order valence-corrected chi connectivity index (χ0v) is 13.8. The van der Waals surface area contributed by atoms with Crippen LogP contribution in [0.5, 0.6) is 0 Å². The van der Waals surface area contributed by atoms with E-state index < -0.39 is 5.97 Å². The van der Waals surface area contributed by atoms with E-state index in [2.05, 4.69) is 21.9 Å². The summed E-state index contributed by atoms with van der Waals surface area (Å²) in [5.74, 6) is 0.320. The highest BCUT2D eigenvalue weighted by atomic mass is 16.5. The molecule has 0 aliphatic rings. The fourth-order valence-corrected chi connectivity index (χ4v) is 2.30. The Labute approximate surface area is 134 Å². The third kappa shape index (κ3) is 3.80. The van der Waals surface area contributed by atoms with Crippen LogP contribution in [0.2, 0.25) is 0 Å². The van der Waals surface area contributed by atoms with Crippen molar-refractivity contribution in [3.05, 3.63) is 40.6 Å². The van der Waals surface area contributed by atoms with Gasteiger partial charge < -0.3 is 14.1 Å². The zero-order valence-electron chi connectivity index (χ0n) is 13.8. The van der Waals surface area contributed by atoms with Gasteiger partial charge in [-0.25, -0.2) is 4.79 Å². The lowest BCUT2D eigenvalue weighted by atomic mass is 10.2. The molecule has 7 nitrogen and oxygen atoms in total. The summed E-state index contributed by atoms with van der Waals surface area (Å²) in [6.07, 6.45) is 1.83. The van der Waals surface area contributed by atoms with Gasteiger partial charge in [0.2, 0.25) is 0 Å². The van der Waals surface area contributed by atoms with Crippen molar-refractivity contribution in [2.45, 2.75) is 33.2 Å². The predicted octanol–water partition coefficient (Wildman–Crippen LogP) is 2.32. The maximum Gasteiger partial charge on any atom is 0.341 e. The van der Waals surface area contributed by atoms with Gasteiger partial charge >= 0.3 is 5.97 Å². The molecule has 0 unspecified atom stereocenters. The summed E-state index contributed by atoms with van der Waals surface area (Å²) in [6.45, 7) is 3.99. The number of aryl methyl sites for hydroxylation is 2. The summed E-state index contributed by atoms with van der Waals surface area (Å²) in [7, 11) is 2.97. The minimum Gasteiger partial charge on any atom is -0.465 e. The summed E-state index contributed by atoms with van der Waals surface area (Å²) >= 11 is 0. The summed E-state index contributed by atoms with van der Waals surface area (Å²) in [5.41, 5.74) is 1.67. The molecule has 1 N–H and O–H groups in total. The van der Waals surface area contributed by atoms with Crippen molar-refractivity contribution in [2.24, 2.45) is 0 Å². The number of furan rings is 1. The number of hydrogen-bond donors (Lipinski definition) is 1. The number of nitrogens with one attached hydrogen (secondary N) is 1. The van der Waals surface area contributed by atoms with Crippen LogP contribution in [0.3, 0.4) is 0 Å². The fraction of sp³-hybridized carbons (Fsp3) is 0.438. The van der Waals surface area contributed by atoms with Crippen LogP contribution in [0.1, 0.15) is 51.4 Å². The first kappa shape index (κ1) is 16.8. The molecule has 0 aromatic carbocycles. The van der Waals surface area contributed by atoms with Crippen LogP contribution in [-0.4, -0.2) is 41.1 Å². The molecule has 0 saturated heterocycles. The number of ether oxygens (including phenoxy) is 1. The van der Waals surface area contributed by atoms with Gasteiger partial charge in [-0.3, -0.25) is 9.89 Å². The van der Waals surface area contributed by atoms with Gasteiger partial charge in [0.25, 0.3) is 5.91 Å². The summed E-state index contributed by atoms with van der Waals surface area (Å²) in [4.78, 5) is 25.4. The smallest absolute Gasteiger partial charge is 0.341 e. The Hall–Kier alpha value is -2.57. The first-order chi connectivity index (χ1) is 11.0. The van der Waals surface area contributed by atoms with E-state index in [1.807, 2.05) is 0 Å². The van der Waals surface area contributed by atoms with Crippen LogP contribution in [0.15, 0.2) is 16.5 Å². The highest BCUT2D eigenvalue weighted by molar-refractivity contribution is 5.92. The molecule has 2 rings (SSSR count). The van der Waals surface area contributed by atoms with Gasteiger partial charge in [-0.15, -0.1) is 0 Å². The van der Waals surface area contributed by atoms with Crippen LogP contribution in [0.25, 0.3) is 0 Å². The number of amides is 1. The molecule has 0 fully saturated rings. The topological polar surface area (TPSA) is 88.4 Å². The molecule has 0 bridgehead atoms. The van der Waals surface area contributed by atoms with Crippen LogP contribution in [0, 0.1) is 6.92 Å². The van der Waals surface area contributed by atoms with Crippen LogP contribution in [0.4, 0.5) is 0 Å². The standard InChI is InChI=1S/C16H21N3O4/c1-5-6-11-7-14(18-17-11)15(20)19(3)9-12-8-13(10(2)23-12)16(21)22-4/h7-8H,5-6,9H2,1-4H3,(H,17,18). The molecule has 0 aliphatic carbocycles. The Morgan fingerprint density at radius 1 is 1.39 bits per heavy atom. The monoisotopic (exact) mass is 319 g/mol. The normalized spacial score (nSPS) is 10.6. The van der Waals surface area contributed by atoms with Crippen molar-refractivity contribution in [2.75, 3.05) is 14.2 Å². The SMILES string of the molecule is CCCc1cc(C(=O)N(C)Cc2cc(C(=O)OC)c(C)o2)n[nH]1. The van der Waals surface area contributed by atoms with Crippen LogP contribution >= 0.6 is 0 Å². The fourth-order valence-electron chi connectivity index (χ4n) is 2.30. The molecular weight excluding hydrogens is 298 g/mol. The van der Waals surface area contributed by atoms with Gasteiger partial charge in [0, 0.05) is 12.7 Å². The Balaban J connectivity index is 2.07. The van der Waals surface area contributed by atoms with E-state index in [4.69, 9.17) is 4.42 Å². The number of carbonyl (C=O) groups is 2. The number of aromatic nitrogens is 2. The van der Waals surface area contributed by atoms with E-state index in [9.17, 15) is 9.59 Å². The lowest BCUT2D eigenvalue weighted by molar-refractivity contribution is 0.0598. The van der Waals surface area contributed by atoms with Crippen LogP contribution < -0.4 is 0 Å².